The highest BCUT2D eigenvalue weighted by Gasteiger charge is 2.34. The molecule has 0 aliphatic carbocycles. The van der Waals surface area contributed by atoms with Gasteiger partial charge in [-0.2, -0.15) is 0 Å². The van der Waals surface area contributed by atoms with Gasteiger partial charge in [0.15, 0.2) is 6.20 Å². The standard InChI is InChI=1S/C8H14N2O3S/c1-3-4-5-10-7-6-9(2)8(10)14(11,12)13/h6-7H,3-5H2,1-2H3/p+1. The molecular formula is C8H15N2O3S+. The summed E-state index contributed by atoms with van der Waals surface area (Å²) in [5, 5.41) is -0.0917. The zero-order chi connectivity index (χ0) is 10.8. The molecule has 0 aromatic carbocycles. The van der Waals surface area contributed by atoms with Crippen molar-refractivity contribution in [3.05, 3.63) is 12.4 Å². The van der Waals surface area contributed by atoms with Crippen molar-refractivity contribution >= 4 is 15.3 Å². The van der Waals surface area contributed by atoms with Crippen molar-refractivity contribution in [3.8, 4) is 0 Å². The fourth-order valence-electron chi connectivity index (χ4n) is 1.46. The van der Waals surface area contributed by atoms with E-state index in [9.17, 15) is 13.0 Å². The van der Waals surface area contributed by atoms with Crippen molar-refractivity contribution in [2.45, 2.75) is 19.8 Å². The molecule has 0 saturated heterocycles. The maximum atomic E-state index is 10.9. The van der Waals surface area contributed by atoms with Crippen LogP contribution in [0.3, 0.4) is 0 Å². The number of nitrogens with zero attached hydrogens (tertiary/aromatic N) is 1. The van der Waals surface area contributed by atoms with E-state index in [2.05, 4.69) is 0 Å². The molecule has 1 heterocycles. The maximum Gasteiger partial charge on any atom is 0.454 e. The van der Waals surface area contributed by atoms with Gasteiger partial charge in [0.1, 0.15) is 7.05 Å². The summed E-state index contributed by atoms with van der Waals surface area (Å²) in [6.45, 7) is 2.67. The third-order valence-electron chi connectivity index (χ3n) is 2.13. The summed E-state index contributed by atoms with van der Waals surface area (Å²) >= 11 is 0. The number of hydrogen-bond acceptors (Lipinski definition) is 3. The molecule has 5 nitrogen and oxygen atoms in total. The molecule has 0 aromatic heterocycles. The van der Waals surface area contributed by atoms with Crippen molar-refractivity contribution < 1.29 is 22.4 Å². The Morgan fingerprint density at radius 2 is 2.21 bits per heavy atom. The monoisotopic (exact) mass is 219 g/mol. The SMILES string of the molecule is CCCC[NH+]1C=C[N+](C)=C1S(=O)(=O)[O-]. The molecule has 1 atom stereocenters. The number of quaternary nitrogens is 1. The summed E-state index contributed by atoms with van der Waals surface area (Å²) in [5.41, 5.74) is 0. The largest absolute Gasteiger partial charge is 0.735 e. The number of unbranched alkanes of at least 4 members (excludes halogenated alkanes) is 1. The first-order chi connectivity index (χ1) is 6.46. The van der Waals surface area contributed by atoms with Gasteiger partial charge in [0, 0.05) is 0 Å². The Morgan fingerprint density at radius 1 is 1.57 bits per heavy atom. The maximum absolute atomic E-state index is 10.9. The van der Waals surface area contributed by atoms with Crippen LogP contribution in [0.15, 0.2) is 12.4 Å². The van der Waals surface area contributed by atoms with E-state index >= 15 is 0 Å². The van der Waals surface area contributed by atoms with E-state index in [1.54, 1.807) is 19.4 Å². The molecule has 0 fully saturated rings. The zero-order valence-electron chi connectivity index (χ0n) is 8.36. The smallest absolute Gasteiger partial charge is 0.454 e. The van der Waals surface area contributed by atoms with Crippen LogP contribution in [0.4, 0.5) is 0 Å². The molecule has 1 rings (SSSR count). The molecule has 1 unspecified atom stereocenters. The Balaban J connectivity index is 2.86. The van der Waals surface area contributed by atoms with Gasteiger partial charge in [-0.1, -0.05) is 13.3 Å². The van der Waals surface area contributed by atoms with Gasteiger partial charge in [0.05, 0.1) is 6.54 Å². The van der Waals surface area contributed by atoms with Crippen molar-refractivity contribution in [2.24, 2.45) is 0 Å². The molecule has 0 bridgehead atoms. The minimum absolute atomic E-state index is 0.0917. The topological polar surface area (TPSA) is 64.7 Å². The number of rotatable bonds is 3. The van der Waals surface area contributed by atoms with Gasteiger partial charge in [-0.3, -0.25) is 0 Å². The molecule has 0 spiro atoms. The van der Waals surface area contributed by atoms with Crippen LogP contribution in [0.5, 0.6) is 0 Å². The number of hydrogen-bond donors (Lipinski definition) is 1. The van der Waals surface area contributed by atoms with Crippen LogP contribution >= 0.6 is 0 Å². The van der Waals surface area contributed by atoms with E-state index in [0.29, 0.717) is 11.4 Å². The first-order valence-electron chi connectivity index (χ1n) is 4.57. The predicted octanol–water partition coefficient (Wildman–Crippen LogP) is -1.30. The van der Waals surface area contributed by atoms with Crippen LogP contribution in [0.25, 0.3) is 0 Å². The van der Waals surface area contributed by atoms with Crippen LogP contribution in [0.1, 0.15) is 19.8 Å². The highest BCUT2D eigenvalue weighted by atomic mass is 32.2. The average Bonchev–Trinajstić information content (AvgIpc) is 2.42. The van der Waals surface area contributed by atoms with Gasteiger partial charge in [-0.15, -0.1) is 4.58 Å². The Morgan fingerprint density at radius 3 is 2.71 bits per heavy atom. The second-order valence-electron chi connectivity index (χ2n) is 3.31. The van der Waals surface area contributed by atoms with Gasteiger partial charge in [0.2, 0.25) is 16.3 Å². The number of nitrogens with one attached hydrogen (secondary N) is 1. The van der Waals surface area contributed by atoms with Gasteiger partial charge >= 0.3 is 5.17 Å². The Labute approximate surface area is 84.1 Å². The fraction of sp³-hybridized carbons (Fsp3) is 0.625. The summed E-state index contributed by atoms with van der Waals surface area (Å²) in [6, 6.07) is 0. The zero-order valence-corrected chi connectivity index (χ0v) is 9.17. The minimum atomic E-state index is -4.34. The first kappa shape index (κ1) is 11.4. The van der Waals surface area contributed by atoms with E-state index in [0.717, 1.165) is 12.8 Å². The summed E-state index contributed by atoms with van der Waals surface area (Å²) in [7, 11) is -2.77. The molecule has 0 radical (unpaired) electrons. The van der Waals surface area contributed by atoms with Crippen LogP contribution in [0.2, 0.25) is 0 Å². The second-order valence-corrected chi connectivity index (χ2v) is 4.61. The average molecular weight is 219 g/mol. The van der Waals surface area contributed by atoms with Gasteiger partial charge in [-0.25, -0.2) is 13.3 Å². The predicted molar refractivity (Wildman–Crippen MR) is 50.8 cm³/mol. The summed E-state index contributed by atoms with van der Waals surface area (Å²) in [5.74, 6) is 0. The van der Waals surface area contributed by atoms with Crippen molar-refractivity contribution in [1.82, 2.24) is 0 Å². The van der Waals surface area contributed by atoms with Gasteiger partial charge in [0.25, 0.3) is 0 Å². The normalized spacial score (nSPS) is 22.1. The lowest BCUT2D eigenvalue weighted by atomic mass is 10.3. The molecule has 0 aromatic rings. The molecule has 80 valence electrons. The quantitative estimate of drug-likeness (QED) is 0.474. The summed E-state index contributed by atoms with van der Waals surface area (Å²) in [4.78, 5) is 0.629. The fourth-order valence-corrected chi connectivity index (χ4v) is 2.37. The molecule has 1 aliphatic rings. The molecule has 14 heavy (non-hydrogen) atoms. The Bertz CT molecular complexity index is 370. The molecule has 0 saturated carbocycles. The van der Waals surface area contributed by atoms with Gasteiger partial charge in [-0.05, 0) is 6.42 Å². The van der Waals surface area contributed by atoms with E-state index in [4.69, 9.17) is 0 Å². The Hall–Kier alpha value is -0.720. The van der Waals surface area contributed by atoms with Crippen LogP contribution < -0.4 is 4.90 Å². The first-order valence-corrected chi connectivity index (χ1v) is 5.97. The lowest BCUT2D eigenvalue weighted by Gasteiger charge is -2.10. The van der Waals surface area contributed by atoms with Crippen molar-refractivity contribution in [1.29, 1.82) is 0 Å². The highest BCUT2D eigenvalue weighted by Crippen LogP contribution is 1.90. The van der Waals surface area contributed by atoms with E-state index in [-0.39, 0.29) is 5.17 Å². The van der Waals surface area contributed by atoms with Crippen LogP contribution in [-0.2, 0) is 10.1 Å². The van der Waals surface area contributed by atoms with Crippen molar-refractivity contribution in [3.63, 3.8) is 0 Å². The minimum Gasteiger partial charge on any atom is -0.735 e. The molecule has 0 amide bonds. The summed E-state index contributed by atoms with van der Waals surface area (Å²) in [6.07, 6.45) is 5.18. The van der Waals surface area contributed by atoms with Crippen LogP contribution in [0, 0.1) is 0 Å². The lowest BCUT2D eigenvalue weighted by molar-refractivity contribution is -0.753. The molecule has 1 aliphatic heterocycles. The molecular weight excluding hydrogens is 204 g/mol. The van der Waals surface area contributed by atoms with E-state index < -0.39 is 10.1 Å². The molecule has 6 heteroatoms. The lowest BCUT2D eigenvalue weighted by Crippen LogP contribution is -3.10. The third kappa shape index (κ3) is 2.40. The summed E-state index contributed by atoms with van der Waals surface area (Å²) < 4.78 is 34.1. The number of amidine groups is 1. The van der Waals surface area contributed by atoms with Crippen LogP contribution in [-0.4, -0.2) is 36.3 Å². The molecule has 1 N–H and O–H groups in total. The van der Waals surface area contributed by atoms with Crippen molar-refractivity contribution in [2.75, 3.05) is 13.6 Å². The third-order valence-corrected chi connectivity index (χ3v) is 3.15. The van der Waals surface area contributed by atoms with Gasteiger partial charge < -0.3 is 4.55 Å². The highest BCUT2D eigenvalue weighted by molar-refractivity contribution is 8.00. The van der Waals surface area contributed by atoms with E-state index in [1.165, 1.54) is 4.58 Å². The second kappa shape index (κ2) is 4.20. The Kier molecular flexibility index (Phi) is 3.41. The van der Waals surface area contributed by atoms with E-state index in [1.807, 2.05) is 6.92 Å².